The predicted molar refractivity (Wildman–Crippen MR) is 66.2 cm³/mol. The Morgan fingerprint density at radius 1 is 1.50 bits per heavy atom. The molecular formula is C12H13BrClFO. The molecule has 1 aliphatic rings. The molecule has 1 heterocycles. The zero-order valence-corrected chi connectivity index (χ0v) is 11.1. The van der Waals surface area contributed by atoms with Gasteiger partial charge in [0.25, 0.3) is 0 Å². The van der Waals surface area contributed by atoms with Gasteiger partial charge in [-0.15, -0.1) is 11.6 Å². The van der Waals surface area contributed by atoms with Crippen molar-refractivity contribution in [3.63, 3.8) is 0 Å². The van der Waals surface area contributed by atoms with Crippen LogP contribution >= 0.6 is 27.5 Å². The molecule has 1 fully saturated rings. The van der Waals surface area contributed by atoms with Crippen molar-refractivity contribution in [3.05, 3.63) is 34.1 Å². The van der Waals surface area contributed by atoms with E-state index in [1.807, 2.05) is 6.07 Å². The Morgan fingerprint density at radius 2 is 2.31 bits per heavy atom. The number of ether oxygens (including phenoxy) is 1. The largest absolute Gasteiger partial charge is 0.373 e. The topological polar surface area (TPSA) is 9.23 Å². The minimum atomic E-state index is -0.226. The third kappa shape index (κ3) is 2.58. The minimum Gasteiger partial charge on any atom is -0.373 e. The highest BCUT2D eigenvalue weighted by Crippen LogP contribution is 2.36. The van der Waals surface area contributed by atoms with Gasteiger partial charge in [-0.1, -0.05) is 22.0 Å². The number of hydrogen-bond donors (Lipinski definition) is 0. The van der Waals surface area contributed by atoms with Crippen molar-refractivity contribution >= 4 is 27.5 Å². The SMILES string of the molecule is Fc1cc(Br)ccc1C1OCCCC1CCl. The highest BCUT2D eigenvalue weighted by molar-refractivity contribution is 9.10. The molecule has 0 aromatic heterocycles. The van der Waals surface area contributed by atoms with Crippen LogP contribution < -0.4 is 0 Å². The molecule has 0 radical (unpaired) electrons. The van der Waals surface area contributed by atoms with Gasteiger partial charge in [-0.05, 0) is 25.0 Å². The number of benzene rings is 1. The summed E-state index contributed by atoms with van der Waals surface area (Å²) in [5, 5.41) is 0. The van der Waals surface area contributed by atoms with Gasteiger partial charge in [0, 0.05) is 28.4 Å². The maximum absolute atomic E-state index is 13.8. The second kappa shape index (κ2) is 5.48. The normalized spacial score (nSPS) is 25.7. The fourth-order valence-electron chi connectivity index (χ4n) is 2.08. The summed E-state index contributed by atoms with van der Waals surface area (Å²) in [6.07, 6.45) is 1.81. The number of hydrogen-bond acceptors (Lipinski definition) is 1. The van der Waals surface area contributed by atoms with Crippen LogP contribution in [0.3, 0.4) is 0 Å². The summed E-state index contributed by atoms with van der Waals surface area (Å²) >= 11 is 9.14. The van der Waals surface area contributed by atoms with Gasteiger partial charge in [0.15, 0.2) is 0 Å². The highest BCUT2D eigenvalue weighted by Gasteiger charge is 2.28. The average Bonchev–Trinajstić information content (AvgIpc) is 2.29. The summed E-state index contributed by atoms with van der Waals surface area (Å²) in [6, 6.07) is 5.08. The molecule has 1 saturated heterocycles. The summed E-state index contributed by atoms with van der Waals surface area (Å²) in [5.41, 5.74) is 0.619. The van der Waals surface area contributed by atoms with Crippen LogP contribution in [-0.2, 0) is 4.74 Å². The minimum absolute atomic E-state index is 0.195. The maximum Gasteiger partial charge on any atom is 0.130 e. The van der Waals surface area contributed by atoms with E-state index in [-0.39, 0.29) is 17.8 Å². The zero-order valence-electron chi connectivity index (χ0n) is 8.76. The van der Waals surface area contributed by atoms with Crippen molar-refractivity contribution in [1.29, 1.82) is 0 Å². The van der Waals surface area contributed by atoms with Crippen molar-refractivity contribution in [2.45, 2.75) is 18.9 Å². The molecule has 2 rings (SSSR count). The van der Waals surface area contributed by atoms with Gasteiger partial charge in [-0.2, -0.15) is 0 Å². The molecule has 0 saturated carbocycles. The molecular weight excluding hydrogens is 294 g/mol. The first-order valence-electron chi connectivity index (χ1n) is 5.35. The monoisotopic (exact) mass is 306 g/mol. The van der Waals surface area contributed by atoms with E-state index in [0.29, 0.717) is 18.1 Å². The third-order valence-electron chi connectivity index (χ3n) is 2.91. The molecule has 2 atom stereocenters. The Balaban J connectivity index is 2.27. The second-order valence-electron chi connectivity index (χ2n) is 4.01. The van der Waals surface area contributed by atoms with Crippen LogP contribution in [0.15, 0.2) is 22.7 Å². The van der Waals surface area contributed by atoms with Crippen molar-refractivity contribution in [1.82, 2.24) is 0 Å². The Hall–Kier alpha value is -0.120. The van der Waals surface area contributed by atoms with Gasteiger partial charge in [0.05, 0.1) is 6.10 Å². The molecule has 0 aliphatic carbocycles. The summed E-state index contributed by atoms with van der Waals surface area (Å²) in [6.45, 7) is 0.688. The van der Waals surface area contributed by atoms with Gasteiger partial charge in [-0.3, -0.25) is 0 Å². The van der Waals surface area contributed by atoms with Crippen LogP contribution in [0.25, 0.3) is 0 Å². The lowest BCUT2D eigenvalue weighted by molar-refractivity contribution is -0.0227. The van der Waals surface area contributed by atoms with Crippen molar-refractivity contribution < 1.29 is 9.13 Å². The van der Waals surface area contributed by atoms with Crippen molar-refractivity contribution in [2.75, 3.05) is 12.5 Å². The van der Waals surface area contributed by atoms with Crippen LogP contribution in [0.4, 0.5) is 4.39 Å². The maximum atomic E-state index is 13.8. The third-order valence-corrected chi connectivity index (χ3v) is 3.80. The van der Waals surface area contributed by atoms with E-state index in [9.17, 15) is 4.39 Å². The van der Waals surface area contributed by atoms with E-state index in [0.717, 1.165) is 17.3 Å². The Bertz CT molecular complexity index is 372. The van der Waals surface area contributed by atoms with E-state index < -0.39 is 0 Å². The summed E-state index contributed by atoms with van der Waals surface area (Å²) in [7, 11) is 0. The molecule has 0 bridgehead atoms. The first kappa shape index (κ1) is 12.3. The van der Waals surface area contributed by atoms with Crippen molar-refractivity contribution in [2.24, 2.45) is 5.92 Å². The molecule has 2 unspecified atom stereocenters. The van der Waals surface area contributed by atoms with Gasteiger partial charge in [0.1, 0.15) is 5.82 Å². The first-order chi connectivity index (χ1) is 7.72. The molecule has 1 nitrogen and oxygen atoms in total. The van der Waals surface area contributed by atoms with E-state index in [4.69, 9.17) is 16.3 Å². The van der Waals surface area contributed by atoms with E-state index in [1.54, 1.807) is 6.07 Å². The first-order valence-corrected chi connectivity index (χ1v) is 6.67. The molecule has 1 aromatic carbocycles. The average molecular weight is 308 g/mol. The predicted octanol–water partition coefficient (Wildman–Crippen LogP) is 4.29. The lowest BCUT2D eigenvalue weighted by Crippen LogP contribution is -2.24. The lowest BCUT2D eigenvalue weighted by atomic mass is 9.91. The number of halogens is 3. The quantitative estimate of drug-likeness (QED) is 0.740. The molecule has 1 aliphatic heterocycles. The molecule has 16 heavy (non-hydrogen) atoms. The van der Waals surface area contributed by atoms with E-state index >= 15 is 0 Å². The molecule has 88 valence electrons. The van der Waals surface area contributed by atoms with Gasteiger partial charge < -0.3 is 4.74 Å². The summed E-state index contributed by atoms with van der Waals surface area (Å²) < 4.78 is 20.2. The molecule has 4 heteroatoms. The highest BCUT2D eigenvalue weighted by atomic mass is 79.9. The van der Waals surface area contributed by atoms with E-state index in [2.05, 4.69) is 15.9 Å². The Labute approximate surface area is 108 Å². The fraction of sp³-hybridized carbons (Fsp3) is 0.500. The van der Waals surface area contributed by atoms with Crippen LogP contribution in [0.1, 0.15) is 24.5 Å². The number of alkyl halides is 1. The van der Waals surface area contributed by atoms with Crippen LogP contribution in [0, 0.1) is 11.7 Å². The smallest absolute Gasteiger partial charge is 0.130 e. The van der Waals surface area contributed by atoms with Gasteiger partial charge >= 0.3 is 0 Å². The molecule has 0 amide bonds. The van der Waals surface area contributed by atoms with Gasteiger partial charge in [0.2, 0.25) is 0 Å². The van der Waals surface area contributed by atoms with Crippen molar-refractivity contribution in [3.8, 4) is 0 Å². The molecule has 0 N–H and O–H groups in total. The number of rotatable bonds is 2. The van der Waals surface area contributed by atoms with Crippen LogP contribution in [-0.4, -0.2) is 12.5 Å². The molecule has 0 spiro atoms. The second-order valence-corrected chi connectivity index (χ2v) is 5.24. The Morgan fingerprint density at radius 3 is 3.00 bits per heavy atom. The van der Waals surface area contributed by atoms with E-state index in [1.165, 1.54) is 6.07 Å². The standard InChI is InChI=1S/C12H13BrClFO/c13-9-3-4-10(11(15)6-9)12-8(7-14)2-1-5-16-12/h3-4,6,8,12H,1-2,5,7H2. The Kier molecular flexibility index (Phi) is 4.22. The molecule has 1 aromatic rings. The van der Waals surface area contributed by atoms with Crippen LogP contribution in [0.5, 0.6) is 0 Å². The fourth-order valence-corrected chi connectivity index (χ4v) is 2.73. The van der Waals surface area contributed by atoms with Crippen LogP contribution in [0.2, 0.25) is 0 Å². The lowest BCUT2D eigenvalue weighted by Gasteiger charge is -2.31. The summed E-state index contributed by atoms with van der Waals surface area (Å²) in [5.74, 6) is 0.502. The van der Waals surface area contributed by atoms with Gasteiger partial charge in [-0.25, -0.2) is 4.39 Å². The summed E-state index contributed by atoms with van der Waals surface area (Å²) in [4.78, 5) is 0. The zero-order chi connectivity index (χ0) is 11.5.